The van der Waals surface area contributed by atoms with E-state index in [0.29, 0.717) is 11.5 Å². The van der Waals surface area contributed by atoms with Crippen molar-refractivity contribution >= 4 is 0 Å². The molecule has 2 heterocycles. The van der Waals surface area contributed by atoms with Crippen molar-refractivity contribution in [3.63, 3.8) is 0 Å². The van der Waals surface area contributed by atoms with Gasteiger partial charge in [-0.05, 0) is 46.1 Å². The Bertz CT molecular complexity index is 179. The van der Waals surface area contributed by atoms with E-state index in [4.69, 9.17) is 4.74 Å². The number of rotatable bonds is 1. The van der Waals surface area contributed by atoms with Crippen LogP contribution in [-0.4, -0.2) is 37.2 Å². The van der Waals surface area contributed by atoms with Crippen LogP contribution in [0.2, 0.25) is 0 Å². The SMILES string of the molecule is CC(C)N1CCCC2(CCCOC2)C1. The molecule has 2 fully saturated rings. The van der Waals surface area contributed by atoms with E-state index in [1.54, 1.807) is 0 Å². The molecule has 0 aromatic carbocycles. The molecule has 14 heavy (non-hydrogen) atoms. The van der Waals surface area contributed by atoms with Gasteiger partial charge in [0, 0.05) is 24.6 Å². The topological polar surface area (TPSA) is 12.5 Å². The number of hydrogen-bond donors (Lipinski definition) is 0. The molecule has 2 aliphatic heterocycles. The Hall–Kier alpha value is -0.0800. The average Bonchev–Trinajstić information content (AvgIpc) is 2.19. The normalized spacial score (nSPS) is 35.4. The zero-order chi connectivity index (χ0) is 10.0. The van der Waals surface area contributed by atoms with Gasteiger partial charge in [-0.15, -0.1) is 0 Å². The van der Waals surface area contributed by atoms with Crippen LogP contribution in [0, 0.1) is 5.41 Å². The number of nitrogens with zero attached hydrogens (tertiary/aromatic N) is 1. The summed E-state index contributed by atoms with van der Waals surface area (Å²) in [6.07, 6.45) is 5.40. The smallest absolute Gasteiger partial charge is 0.0534 e. The molecule has 0 aromatic rings. The predicted octanol–water partition coefficient (Wildman–Crippen LogP) is 2.29. The third-order valence-corrected chi connectivity index (χ3v) is 3.83. The van der Waals surface area contributed by atoms with E-state index in [-0.39, 0.29) is 0 Å². The fourth-order valence-corrected chi connectivity index (χ4v) is 2.92. The van der Waals surface area contributed by atoms with Crippen LogP contribution in [0.5, 0.6) is 0 Å². The van der Waals surface area contributed by atoms with Gasteiger partial charge in [-0.2, -0.15) is 0 Å². The maximum absolute atomic E-state index is 5.66. The van der Waals surface area contributed by atoms with Crippen molar-refractivity contribution in [3.8, 4) is 0 Å². The summed E-state index contributed by atoms with van der Waals surface area (Å²) in [5.41, 5.74) is 0.515. The van der Waals surface area contributed by atoms with Gasteiger partial charge >= 0.3 is 0 Å². The molecule has 0 bridgehead atoms. The molecule has 2 nitrogen and oxygen atoms in total. The molecule has 2 heteroatoms. The minimum absolute atomic E-state index is 0.515. The fourth-order valence-electron chi connectivity index (χ4n) is 2.92. The van der Waals surface area contributed by atoms with E-state index >= 15 is 0 Å². The van der Waals surface area contributed by atoms with E-state index in [1.165, 1.54) is 38.8 Å². The van der Waals surface area contributed by atoms with Crippen molar-refractivity contribution in [1.29, 1.82) is 0 Å². The summed E-state index contributed by atoms with van der Waals surface area (Å²) in [6.45, 7) is 9.18. The van der Waals surface area contributed by atoms with Crippen LogP contribution in [0.1, 0.15) is 39.5 Å². The first kappa shape index (κ1) is 10.4. The highest BCUT2D eigenvalue weighted by atomic mass is 16.5. The number of piperidine rings is 1. The summed E-state index contributed by atoms with van der Waals surface area (Å²) in [5, 5.41) is 0. The zero-order valence-electron chi connectivity index (χ0n) is 9.59. The molecule has 0 radical (unpaired) electrons. The summed E-state index contributed by atoms with van der Waals surface area (Å²) in [6, 6.07) is 0.703. The van der Waals surface area contributed by atoms with Crippen LogP contribution in [0.3, 0.4) is 0 Å². The Labute approximate surface area is 87.6 Å². The highest BCUT2D eigenvalue weighted by Gasteiger charge is 2.37. The Morgan fingerprint density at radius 1 is 1.21 bits per heavy atom. The van der Waals surface area contributed by atoms with Gasteiger partial charge in [0.15, 0.2) is 0 Å². The largest absolute Gasteiger partial charge is 0.381 e. The van der Waals surface area contributed by atoms with Crippen LogP contribution in [0.4, 0.5) is 0 Å². The first-order valence-electron chi connectivity index (χ1n) is 6.04. The van der Waals surface area contributed by atoms with E-state index < -0.39 is 0 Å². The molecular weight excluding hydrogens is 174 g/mol. The molecule has 2 aliphatic rings. The Balaban J connectivity index is 1.97. The molecule has 0 aliphatic carbocycles. The van der Waals surface area contributed by atoms with Crippen LogP contribution in [0.25, 0.3) is 0 Å². The van der Waals surface area contributed by atoms with Crippen molar-refractivity contribution in [3.05, 3.63) is 0 Å². The molecule has 0 aromatic heterocycles. The van der Waals surface area contributed by atoms with Crippen molar-refractivity contribution < 1.29 is 4.74 Å². The van der Waals surface area contributed by atoms with Crippen molar-refractivity contribution in [2.75, 3.05) is 26.3 Å². The Kier molecular flexibility index (Phi) is 3.13. The molecule has 0 saturated carbocycles. The minimum atomic E-state index is 0.515. The summed E-state index contributed by atoms with van der Waals surface area (Å²) < 4.78 is 5.66. The van der Waals surface area contributed by atoms with E-state index in [1.807, 2.05) is 0 Å². The van der Waals surface area contributed by atoms with Crippen molar-refractivity contribution in [1.82, 2.24) is 4.90 Å². The third kappa shape index (κ3) is 2.12. The quantitative estimate of drug-likeness (QED) is 0.639. The predicted molar refractivity (Wildman–Crippen MR) is 58.4 cm³/mol. The van der Waals surface area contributed by atoms with Crippen LogP contribution in [0.15, 0.2) is 0 Å². The molecule has 0 amide bonds. The fraction of sp³-hybridized carbons (Fsp3) is 1.00. The number of likely N-dealkylation sites (tertiary alicyclic amines) is 1. The molecule has 0 N–H and O–H groups in total. The lowest BCUT2D eigenvalue weighted by Gasteiger charge is -2.46. The van der Waals surface area contributed by atoms with Gasteiger partial charge in [0.1, 0.15) is 0 Å². The van der Waals surface area contributed by atoms with Crippen LogP contribution in [-0.2, 0) is 4.74 Å². The Morgan fingerprint density at radius 3 is 2.64 bits per heavy atom. The molecule has 1 atom stereocenters. The van der Waals surface area contributed by atoms with Gasteiger partial charge in [-0.3, -0.25) is 0 Å². The monoisotopic (exact) mass is 197 g/mol. The standard InChI is InChI=1S/C12H23NO/c1-11(2)13-7-3-5-12(9-13)6-4-8-14-10-12/h11H,3-10H2,1-2H3. The molecule has 1 unspecified atom stereocenters. The lowest BCUT2D eigenvalue weighted by molar-refractivity contribution is -0.0547. The molecule has 2 rings (SSSR count). The summed E-state index contributed by atoms with van der Waals surface area (Å²) in [7, 11) is 0. The van der Waals surface area contributed by atoms with E-state index in [9.17, 15) is 0 Å². The van der Waals surface area contributed by atoms with Crippen molar-refractivity contribution in [2.24, 2.45) is 5.41 Å². The lowest BCUT2D eigenvalue weighted by Crippen LogP contribution is -2.49. The lowest BCUT2D eigenvalue weighted by atomic mass is 9.75. The second-order valence-electron chi connectivity index (χ2n) is 5.32. The third-order valence-electron chi connectivity index (χ3n) is 3.83. The zero-order valence-corrected chi connectivity index (χ0v) is 9.59. The van der Waals surface area contributed by atoms with Crippen molar-refractivity contribution in [2.45, 2.75) is 45.6 Å². The number of ether oxygens (including phenoxy) is 1. The summed E-state index contributed by atoms with van der Waals surface area (Å²) >= 11 is 0. The second kappa shape index (κ2) is 4.19. The molecule has 82 valence electrons. The van der Waals surface area contributed by atoms with Gasteiger partial charge < -0.3 is 9.64 Å². The van der Waals surface area contributed by atoms with E-state index in [2.05, 4.69) is 18.7 Å². The van der Waals surface area contributed by atoms with E-state index in [0.717, 1.165) is 13.2 Å². The molecule has 2 saturated heterocycles. The summed E-state index contributed by atoms with van der Waals surface area (Å²) in [5.74, 6) is 0. The highest BCUT2D eigenvalue weighted by Crippen LogP contribution is 2.37. The van der Waals surface area contributed by atoms with Crippen LogP contribution >= 0.6 is 0 Å². The molecule has 1 spiro atoms. The van der Waals surface area contributed by atoms with Gasteiger partial charge in [0.25, 0.3) is 0 Å². The molecular formula is C12H23NO. The van der Waals surface area contributed by atoms with Gasteiger partial charge in [-0.25, -0.2) is 0 Å². The van der Waals surface area contributed by atoms with Gasteiger partial charge in [-0.1, -0.05) is 0 Å². The van der Waals surface area contributed by atoms with Crippen LogP contribution < -0.4 is 0 Å². The van der Waals surface area contributed by atoms with Gasteiger partial charge in [0.2, 0.25) is 0 Å². The second-order valence-corrected chi connectivity index (χ2v) is 5.32. The average molecular weight is 197 g/mol. The maximum Gasteiger partial charge on any atom is 0.0534 e. The van der Waals surface area contributed by atoms with Gasteiger partial charge in [0.05, 0.1) is 6.61 Å². The number of hydrogen-bond acceptors (Lipinski definition) is 2. The highest BCUT2D eigenvalue weighted by molar-refractivity contribution is 4.89. The maximum atomic E-state index is 5.66. The Morgan fingerprint density at radius 2 is 2.00 bits per heavy atom. The minimum Gasteiger partial charge on any atom is -0.381 e. The first-order chi connectivity index (χ1) is 6.72. The summed E-state index contributed by atoms with van der Waals surface area (Å²) in [4.78, 5) is 2.62. The first-order valence-corrected chi connectivity index (χ1v) is 6.04.